The van der Waals surface area contributed by atoms with Gasteiger partial charge in [-0.3, -0.25) is 4.79 Å². The zero-order chi connectivity index (χ0) is 15.4. The summed E-state index contributed by atoms with van der Waals surface area (Å²) in [4.78, 5) is 16.3. The number of rotatable bonds is 6. The largest absolute Gasteiger partial charge is 0.464 e. The van der Waals surface area contributed by atoms with E-state index in [-0.39, 0.29) is 5.91 Å². The van der Waals surface area contributed by atoms with Gasteiger partial charge in [-0.2, -0.15) is 0 Å². The maximum absolute atomic E-state index is 12.5. The topological polar surface area (TPSA) is 49.8 Å². The Kier molecular flexibility index (Phi) is 5.25. The molecule has 0 radical (unpaired) electrons. The first-order chi connectivity index (χ1) is 9.95. The van der Waals surface area contributed by atoms with E-state index in [0.717, 1.165) is 18.1 Å². The van der Waals surface area contributed by atoms with E-state index in [2.05, 4.69) is 15.9 Å². The van der Waals surface area contributed by atoms with Crippen molar-refractivity contribution in [1.82, 2.24) is 9.80 Å². The van der Waals surface area contributed by atoms with Gasteiger partial charge in [-0.25, -0.2) is 0 Å². The van der Waals surface area contributed by atoms with Crippen LogP contribution >= 0.6 is 15.9 Å². The van der Waals surface area contributed by atoms with Crippen LogP contribution in [-0.4, -0.2) is 42.9 Å². The van der Waals surface area contributed by atoms with Crippen LogP contribution in [0, 0.1) is 6.92 Å². The maximum atomic E-state index is 12.5. The minimum Gasteiger partial charge on any atom is -0.464 e. The van der Waals surface area contributed by atoms with E-state index in [1.54, 1.807) is 17.0 Å². The molecule has 0 aliphatic carbocycles. The van der Waals surface area contributed by atoms with E-state index >= 15 is 0 Å². The zero-order valence-electron chi connectivity index (χ0n) is 12.4. The van der Waals surface area contributed by atoms with E-state index in [0.29, 0.717) is 23.5 Å². The standard InChI is InChI=1S/C15H19BrN2O3/c1-11-4-5-12(20-11)10-18(9-8-17(2)3)15(19)13-6-7-14(16)21-13/h4-7H,8-10H2,1-3H3. The number of likely N-dealkylation sites (N-methyl/N-ethyl adjacent to an activating group) is 1. The monoisotopic (exact) mass is 354 g/mol. The Morgan fingerprint density at radius 3 is 2.43 bits per heavy atom. The minimum absolute atomic E-state index is 0.142. The van der Waals surface area contributed by atoms with Crippen LogP contribution in [0.5, 0.6) is 0 Å². The van der Waals surface area contributed by atoms with Gasteiger partial charge in [-0.1, -0.05) is 0 Å². The molecule has 0 fully saturated rings. The van der Waals surface area contributed by atoms with Gasteiger partial charge in [0.2, 0.25) is 0 Å². The highest BCUT2D eigenvalue weighted by atomic mass is 79.9. The molecule has 6 heteroatoms. The summed E-state index contributed by atoms with van der Waals surface area (Å²) >= 11 is 3.22. The number of halogens is 1. The van der Waals surface area contributed by atoms with Crippen LogP contribution in [0.15, 0.2) is 37.8 Å². The number of carbonyl (C=O) groups is 1. The van der Waals surface area contributed by atoms with Crippen LogP contribution in [0.25, 0.3) is 0 Å². The van der Waals surface area contributed by atoms with Gasteiger partial charge in [-0.15, -0.1) is 0 Å². The third-order valence-electron chi connectivity index (χ3n) is 3.03. The number of hydrogen-bond donors (Lipinski definition) is 0. The van der Waals surface area contributed by atoms with E-state index in [1.165, 1.54) is 0 Å². The molecule has 2 aromatic heterocycles. The third-order valence-corrected chi connectivity index (χ3v) is 3.46. The van der Waals surface area contributed by atoms with E-state index in [9.17, 15) is 4.79 Å². The fourth-order valence-corrected chi connectivity index (χ4v) is 2.22. The molecular formula is C15H19BrN2O3. The van der Waals surface area contributed by atoms with Gasteiger partial charge < -0.3 is 18.6 Å². The van der Waals surface area contributed by atoms with Crippen molar-refractivity contribution in [1.29, 1.82) is 0 Å². The summed E-state index contributed by atoms with van der Waals surface area (Å²) in [7, 11) is 3.95. The first-order valence-corrected chi connectivity index (χ1v) is 7.49. The maximum Gasteiger partial charge on any atom is 0.290 e. The molecule has 0 unspecified atom stereocenters. The molecule has 0 saturated heterocycles. The second-order valence-electron chi connectivity index (χ2n) is 5.15. The Balaban J connectivity index is 2.12. The van der Waals surface area contributed by atoms with Crippen molar-refractivity contribution in [2.75, 3.05) is 27.2 Å². The molecule has 1 amide bonds. The van der Waals surface area contributed by atoms with Gasteiger partial charge in [0.05, 0.1) is 6.54 Å². The van der Waals surface area contributed by atoms with Gasteiger partial charge in [-0.05, 0) is 61.2 Å². The van der Waals surface area contributed by atoms with Crippen LogP contribution in [0.4, 0.5) is 0 Å². The molecule has 0 bridgehead atoms. The molecule has 2 heterocycles. The van der Waals surface area contributed by atoms with Crippen molar-refractivity contribution < 1.29 is 13.6 Å². The molecule has 0 saturated carbocycles. The minimum atomic E-state index is -0.142. The van der Waals surface area contributed by atoms with Crippen molar-refractivity contribution in [3.05, 3.63) is 46.2 Å². The van der Waals surface area contributed by atoms with Crippen LogP contribution < -0.4 is 0 Å². The predicted octanol–water partition coefficient (Wildman–Crippen LogP) is 3.15. The van der Waals surface area contributed by atoms with Crippen molar-refractivity contribution >= 4 is 21.8 Å². The van der Waals surface area contributed by atoms with E-state index < -0.39 is 0 Å². The number of hydrogen-bond acceptors (Lipinski definition) is 4. The molecule has 0 aromatic carbocycles. The summed E-state index contributed by atoms with van der Waals surface area (Å²) < 4.78 is 11.5. The molecule has 0 N–H and O–H groups in total. The summed E-state index contributed by atoms with van der Waals surface area (Å²) in [6.45, 7) is 3.69. The Bertz CT molecular complexity index is 604. The molecule has 21 heavy (non-hydrogen) atoms. The van der Waals surface area contributed by atoms with Crippen molar-refractivity contribution in [3.8, 4) is 0 Å². The Hall–Kier alpha value is -1.53. The van der Waals surface area contributed by atoms with E-state index in [4.69, 9.17) is 8.83 Å². The van der Waals surface area contributed by atoms with Crippen molar-refractivity contribution in [2.45, 2.75) is 13.5 Å². The summed E-state index contributed by atoms with van der Waals surface area (Å²) in [6.07, 6.45) is 0. The highest BCUT2D eigenvalue weighted by Crippen LogP contribution is 2.17. The molecule has 0 atom stereocenters. The molecule has 0 aliphatic rings. The quantitative estimate of drug-likeness (QED) is 0.799. The fraction of sp³-hybridized carbons (Fsp3) is 0.400. The smallest absolute Gasteiger partial charge is 0.290 e. The van der Waals surface area contributed by atoms with Crippen molar-refractivity contribution in [2.24, 2.45) is 0 Å². The van der Waals surface area contributed by atoms with Crippen LogP contribution in [0.2, 0.25) is 0 Å². The first-order valence-electron chi connectivity index (χ1n) is 6.70. The number of carbonyl (C=O) groups excluding carboxylic acids is 1. The number of aryl methyl sites for hydroxylation is 1. The van der Waals surface area contributed by atoms with Crippen molar-refractivity contribution in [3.63, 3.8) is 0 Å². The molecule has 2 rings (SSSR count). The Morgan fingerprint density at radius 1 is 1.14 bits per heavy atom. The lowest BCUT2D eigenvalue weighted by Gasteiger charge is -2.22. The molecule has 114 valence electrons. The molecule has 2 aromatic rings. The molecule has 0 aliphatic heterocycles. The summed E-state index contributed by atoms with van der Waals surface area (Å²) in [5.74, 6) is 1.79. The van der Waals surface area contributed by atoms with Gasteiger partial charge in [0, 0.05) is 13.1 Å². The average Bonchev–Trinajstić information content (AvgIpc) is 3.02. The predicted molar refractivity (Wildman–Crippen MR) is 83.1 cm³/mol. The van der Waals surface area contributed by atoms with Gasteiger partial charge in [0.15, 0.2) is 10.4 Å². The second-order valence-corrected chi connectivity index (χ2v) is 5.93. The lowest BCUT2D eigenvalue weighted by molar-refractivity contribution is 0.0685. The van der Waals surface area contributed by atoms with E-state index in [1.807, 2.05) is 38.1 Å². The Labute approximate surface area is 132 Å². The van der Waals surface area contributed by atoms with Crippen LogP contribution in [-0.2, 0) is 6.54 Å². The number of furan rings is 2. The molecule has 0 spiro atoms. The second kappa shape index (κ2) is 6.95. The summed E-state index contributed by atoms with van der Waals surface area (Å²) in [5.41, 5.74) is 0. The first kappa shape index (κ1) is 15.9. The lowest BCUT2D eigenvalue weighted by Crippen LogP contribution is -2.36. The van der Waals surface area contributed by atoms with Gasteiger partial charge in [0.25, 0.3) is 5.91 Å². The molecule has 5 nitrogen and oxygen atoms in total. The highest BCUT2D eigenvalue weighted by Gasteiger charge is 2.20. The number of nitrogens with zero attached hydrogens (tertiary/aromatic N) is 2. The summed E-state index contributed by atoms with van der Waals surface area (Å²) in [5, 5.41) is 0. The third kappa shape index (κ3) is 4.47. The fourth-order valence-electron chi connectivity index (χ4n) is 1.92. The van der Waals surface area contributed by atoms with Crippen LogP contribution in [0.1, 0.15) is 22.1 Å². The van der Waals surface area contributed by atoms with Crippen LogP contribution in [0.3, 0.4) is 0 Å². The number of amides is 1. The lowest BCUT2D eigenvalue weighted by atomic mass is 10.3. The molecular weight excluding hydrogens is 336 g/mol. The summed E-state index contributed by atoms with van der Waals surface area (Å²) in [6, 6.07) is 7.17. The Morgan fingerprint density at radius 2 is 1.90 bits per heavy atom. The normalized spacial score (nSPS) is 11.1. The SMILES string of the molecule is Cc1ccc(CN(CCN(C)C)C(=O)c2ccc(Br)o2)o1. The average molecular weight is 355 g/mol. The highest BCUT2D eigenvalue weighted by molar-refractivity contribution is 9.10. The zero-order valence-corrected chi connectivity index (χ0v) is 14.0. The van der Waals surface area contributed by atoms with Gasteiger partial charge >= 0.3 is 0 Å². The van der Waals surface area contributed by atoms with Gasteiger partial charge in [0.1, 0.15) is 11.5 Å².